The number of phenols is 2. The summed E-state index contributed by atoms with van der Waals surface area (Å²) in [5.41, 5.74) is 2.08. The minimum atomic E-state index is -0.0286. The molecule has 1 heterocycles. The molecule has 168 valence electrons. The highest BCUT2D eigenvalue weighted by Gasteiger charge is 2.54. The number of likely N-dealkylation sites (N-methyl/N-ethyl adjacent to an activating group) is 1. The Morgan fingerprint density at radius 3 is 2.77 bits per heavy atom. The van der Waals surface area contributed by atoms with Crippen molar-refractivity contribution in [2.75, 3.05) is 13.6 Å². The van der Waals surface area contributed by atoms with Gasteiger partial charge in [-0.3, -0.25) is 4.79 Å². The molecule has 5 heteroatoms. The van der Waals surface area contributed by atoms with Gasteiger partial charge in [-0.05, 0) is 81.0 Å². The molecule has 0 radical (unpaired) electrons. The number of rotatable bonds is 3. The maximum absolute atomic E-state index is 13.0. The molecule has 0 aromatic heterocycles. The first-order valence-electron chi connectivity index (χ1n) is 12.2. The van der Waals surface area contributed by atoms with Crippen LogP contribution in [0, 0.1) is 11.8 Å². The normalized spacial score (nSPS) is 33.0. The summed E-state index contributed by atoms with van der Waals surface area (Å²) in [6.45, 7) is 0.966. The van der Waals surface area contributed by atoms with Crippen molar-refractivity contribution in [2.24, 2.45) is 11.8 Å². The van der Waals surface area contributed by atoms with E-state index in [1.165, 1.54) is 37.7 Å². The SMILES string of the molecule is CN(C(=O)C=CC1CCCCC1)[C@@H]1CC[C@H]2[C@H]3Cc4c(ccc(O)c4O)[C@@]2(CCN3)C1. The van der Waals surface area contributed by atoms with Crippen LogP contribution in [0.1, 0.15) is 68.9 Å². The number of hydrogen-bond acceptors (Lipinski definition) is 4. The fraction of sp³-hybridized carbons (Fsp3) is 0.654. The van der Waals surface area contributed by atoms with Crippen LogP contribution in [0.2, 0.25) is 0 Å². The van der Waals surface area contributed by atoms with Crippen molar-refractivity contribution < 1.29 is 15.0 Å². The topological polar surface area (TPSA) is 72.8 Å². The smallest absolute Gasteiger partial charge is 0.246 e. The summed E-state index contributed by atoms with van der Waals surface area (Å²) >= 11 is 0. The second-order valence-electron chi connectivity index (χ2n) is 10.4. The van der Waals surface area contributed by atoms with Crippen LogP contribution in [0.4, 0.5) is 0 Å². The molecule has 2 bridgehead atoms. The van der Waals surface area contributed by atoms with Gasteiger partial charge in [0.05, 0.1) is 0 Å². The average Bonchev–Trinajstić information content (AvgIpc) is 2.79. The van der Waals surface area contributed by atoms with Crippen LogP contribution in [0.15, 0.2) is 24.3 Å². The summed E-state index contributed by atoms with van der Waals surface area (Å²) < 4.78 is 0. The molecule has 3 N–H and O–H groups in total. The number of carbonyl (C=O) groups is 1. The van der Waals surface area contributed by atoms with Crippen LogP contribution in [0.3, 0.4) is 0 Å². The zero-order valence-electron chi connectivity index (χ0n) is 18.6. The largest absolute Gasteiger partial charge is 0.504 e. The summed E-state index contributed by atoms with van der Waals surface area (Å²) in [6, 6.07) is 4.22. The number of nitrogens with one attached hydrogen (secondary N) is 1. The molecule has 0 unspecified atom stereocenters. The molecule has 3 aliphatic carbocycles. The number of phenolic OH excluding ortho intramolecular Hbond substituents is 2. The lowest BCUT2D eigenvalue weighted by molar-refractivity contribution is -0.128. The first-order valence-corrected chi connectivity index (χ1v) is 12.2. The van der Waals surface area contributed by atoms with Crippen molar-refractivity contribution in [3.8, 4) is 11.5 Å². The third-order valence-corrected chi connectivity index (χ3v) is 8.86. The van der Waals surface area contributed by atoms with E-state index in [1.807, 2.05) is 24.1 Å². The second kappa shape index (κ2) is 8.16. The van der Waals surface area contributed by atoms with E-state index in [9.17, 15) is 15.0 Å². The molecule has 1 saturated heterocycles. The number of carbonyl (C=O) groups excluding carboxylic acids is 1. The Balaban J connectivity index is 1.39. The zero-order valence-corrected chi connectivity index (χ0v) is 18.6. The maximum atomic E-state index is 13.0. The highest BCUT2D eigenvalue weighted by molar-refractivity contribution is 5.87. The Kier molecular flexibility index (Phi) is 5.49. The van der Waals surface area contributed by atoms with Crippen LogP contribution in [-0.2, 0) is 16.6 Å². The molecular weight excluding hydrogens is 388 g/mol. The van der Waals surface area contributed by atoms with E-state index >= 15 is 0 Å². The Morgan fingerprint density at radius 1 is 1.16 bits per heavy atom. The molecule has 1 aromatic rings. The molecule has 1 amide bonds. The lowest BCUT2D eigenvalue weighted by Crippen LogP contribution is -2.62. The number of aromatic hydroxyl groups is 2. The molecule has 5 rings (SSSR count). The first-order chi connectivity index (χ1) is 15.0. The third kappa shape index (κ3) is 3.55. The molecule has 31 heavy (non-hydrogen) atoms. The van der Waals surface area contributed by atoms with E-state index in [0.29, 0.717) is 17.9 Å². The van der Waals surface area contributed by atoms with Gasteiger partial charge >= 0.3 is 0 Å². The quantitative estimate of drug-likeness (QED) is 0.506. The van der Waals surface area contributed by atoms with Gasteiger partial charge in [-0.15, -0.1) is 0 Å². The lowest BCUT2D eigenvalue weighted by Gasteiger charge is -2.58. The van der Waals surface area contributed by atoms with Gasteiger partial charge in [0.15, 0.2) is 11.5 Å². The predicted octanol–water partition coefficient (Wildman–Crippen LogP) is 4.02. The summed E-state index contributed by atoms with van der Waals surface area (Å²) in [7, 11) is 1.96. The molecule has 2 saturated carbocycles. The Hall–Kier alpha value is -2.01. The van der Waals surface area contributed by atoms with Gasteiger partial charge in [0, 0.05) is 30.1 Å². The van der Waals surface area contributed by atoms with Crippen LogP contribution in [-0.4, -0.2) is 46.7 Å². The molecule has 4 atom stereocenters. The lowest BCUT2D eigenvalue weighted by atomic mass is 9.51. The van der Waals surface area contributed by atoms with E-state index in [0.717, 1.165) is 44.2 Å². The minimum absolute atomic E-state index is 0.0285. The minimum Gasteiger partial charge on any atom is -0.504 e. The van der Waals surface area contributed by atoms with E-state index < -0.39 is 0 Å². The van der Waals surface area contributed by atoms with Crippen molar-refractivity contribution >= 4 is 5.91 Å². The number of amides is 1. The zero-order chi connectivity index (χ0) is 21.6. The molecule has 3 fully saturated rings. The van der Waals surface area contributed by atoms with Crippen molar-refractivity contribution in [3.05, 3.63) is 35.4 Å². The highest BCUT2D eigenvalue weighted by Crippen LogP contribution is 2.56. The summed E-state index contributed by atoms with van der Waals surface area (Å²) in [4.78, 5) is 15.0. The second-order valence-corrected chi connectivity index (χ2v) is 10.4. The molecule has 0 spiro atoms. The van der Waals surface area contributed by atoms with Crippen molar-refractivity contribution in [1.82, 2.24) is 10.2 Å². The Morgan fingerprint density at radius 2 is 1.97 bits per heavy atom. The van der Waals surface area contributed by atoms with Crippen molar-refractivity contribution in [2.45, 2.75) is 81.7 Å². The number of nitrogens with zero attached hydrogens (tertiary/aromatic N) is 1. The number of benzene rings is 1. The third-order valence-electron chi connectivity index (χ3n) is 8.86. The summed E-state index contributed by atoms with van der Waals surface area (Å²) in [5, 5.41) is 24.3. The van der Waals surface area contributed by atoms with Crippen LogP contribution in [0.25, 0.3) is 0 Å². The van der Waals surface area contributed by atoms with Crippen LogP contribution in [0.5, 0.6) is 11.5 Å². The van der Waals surface area contributed by atoms with Gasteiger partial charge in [-0.25, -0.2) is 0 Å². The number of fused-ring (bicyclic) bond motifs is 1. The van der Waals surface area contributed by atoms with Gasteiger partial charge in [-0.2, -0.15) is 0 Å². The van der Waals surface area contributed by atoms with Gasteiger partial charge < -0.3 is 20.4 Å². The average molecular weight is 425 g/mol. The summed E-state index contributed by atoms with van der Waals surface area (Å²) in [6.07, 6.45) is 15.1. The Bertz CT molecular complexity index is 876. The van der Waals surface area contributed by atoms with E-state index in [4.69, 9.17) is 0 Å². The number of allylic oxidation sites excluding steroid dienone is 1. The fourth-order valence-electron chi connectivity index (χ4n) is 7.17. The van der Waals surface area contributed by atoms with E-state index in [-0.39, 0.29) is 28.9 Å². The van der Waals surface area contributed by atoms with E-state index in [2.05, 4.69) is 11.4 Å². The number of piperidine rings is 1. The van der Waals surface area contributed by atoms with Crippen LogP contribution >= 0.6 is 0 Å². The molecule has 5 nitrogen and oxygen atoms in total. The van der Waals surface area contributed by atoms with Gasteiger partial charge in [0.25, 0.3) is 0 Å². The highest BCUT2D eigenvalue weighted by atomic mass is 16.3. The van der Waals surface area contributed by atoms with Gasteiger partial charge in [-0.1, -0.05) is 31.4 Å². The molecule has 1 aliphatic heterocycles. The fourth-order valence-corrected chi connectivity index (χ4v) is 7.17. The number of hydrogen-bond donors (Lipinski definition) is 3. The molecule has 4 aliphatic rings. The monoisotopic (exact) mass is 424 g/mol. The van der Waals surface area contributed by atoms with E-state index in [1.54, 1.807) is 6.07 Å². The molecular formula is C26H36N2O3. The van der Waals surface area contributed by atoms with Gasteiger partial charge in [0.2, 0.25) is 5.91 Å². The first kappa shape index (κ1) is 20.9. The van der Waals surface area contributed by atoms with Gasteiger partial charge in [0.1, 0.15) is 0 Å². The summed E-state index contributed by atoms with van der Waals surface area (Å²) in [5.74, 6) is 1.23. The molecule has 1 aromatic carbocycles. The van der Waals surface area contributed by atoms with Crippen molar-refractivity contribution in [1.29, 1.82) is 0 Å². The van der Waals surface area contributed by atoms with Crippen LogP contribution < -0.4 is 5.32 Å². The maximum Gasteiger partial charge on any atom is 0.246 e. The van der Waals surface area contributed by atoms with Crippen molar-refractivity contribution in [3.63, 3.8) is 0 Å². The predicted molar refractivity (Wildman–Crippen MR) is 121 cm³/mol. The standard InChI is InChI=1S/C26H36N2O3/c1-28(24(30)12-7-17-5-3-2-4-6-17)18-8-9-21-22-15-19-20(10-11-23(29)25(19)31)26(21,16-18)13-14-27-22/h7,10-12,17-18,21-22,27,29,31H,2-6,8-9,13-16H2,1H3/t18-,21+,22-,26-/m1/s1. The Labute approximate surface area is 185 Å².